The highest BCUT2D eigenvalue weighted by Gasteiger charge is 2.28. The van der Waals surface area contributed by atoms with Crippen LogP contribution in [0.3, 0.4) is 0 Å². The van der Waals surface area contributed by atoms with Gasteiger partial charge >= 0.3 is 0 Å². The second-order valence-electron chi connectivity index (χ2n) is 9.36. The average molecular weight is 583 g/mol. The summed E-state index contributed by atoms with van der Waals surface area (Å²) in [6.07, 6.45) is 0. The Labute approximate surface area is 244 Å². The molecule has 8 heteroatoms. The molecule has 0 aliphatic rings. The molecule has 0 bridgehead atoms. The number of sulfonamides is 1. The molecule has 0 heterocycles. The van der Waals surface area contributed by atoms with Crippen molar-refractivity contribution in [3.8, 4) is 11.5 Å². The second kappa shape index (κ2) is 12.3. The van der Waals surface area contributed by atoms with Crippen LogP contribution in [0.25, 0.3) is 0 Å². The number of para-hydroxylation sites is 2. The highest BCUT2D eigenvalue weighted by atomic mass is 35.5. The van der Waals surface area contributed by atoms with E-state index >= 15 is 0 Å². The van der Waals surface area contributed by atoms with Gasteiger partial charge in [-0.25, -0.2) is 8.42 Å². The standard InChI is InChI=1S/C33H27ClN2O4S/c1-24-11-21-30(22-12-24)41(38,39)36(23-25-13-15-26(34)16-14-25)32-10-6-5-9-31(32)33(37)35-27-17-19-29(20-18-27)40-28-7-3-2-4-8-28/h2-22H,23H2,1H3,(H,35,37). The van der Waals surface area contributed by atoms with Crippen LogP contribution in [0.4, 0.5) is 11.4 Å². The van der Waals surface area contributed by atoms with Crippen LogP contribution >= 0.6 is 11.6 Å². The van der Waals surface area contributed by atoms with Crippen LogP contribution in [0.5, 0.6) is 11.5 Å². The van der Waals surface area contributed by atoms with Crippen LogP contribution in [0, 0.1) is 6.92 Å². The largest absolute Gasteiger partial charge is 0.457 e. The van der Waals surface area contributed by atoms with Crippen molar-refractivity contribution in [1.29, 1.82) is 0 Å². The van der Waals surface area contributed by atoms with E-state index in [4.69, 9.17) is 16.3 Å². The molecule has 0 atom stereocenters. The molecule has 41 heavy (non-hydrogen) atoms. The Morgan fingerprint density at radius 3 is 2.05 bits per heavy atom. The number of carbonyl (C=O) groups excluding carboxylic acids is 1. The van der Waals surface area contributed by atoms with Gasteiger partial charge in [0.05, 0.1) is 22.7 Å². The molecule has 0 fully saturated rings. The first-order chi connectivity index (χ1) is 19.8. The minimum absolute atomic E-state index is 0.00317. The lowest BCUT2D eigenvalue weighted by Gasteiger charge is -2.27. The number of aryl methyl sites for hydroxylation is 1. The first kappa shape index (κ1) is 28.0. The second-order valence-corrected chi connectivity index (χ2v) is 11.7. The van der Waals surface area contributed by atoms with Crippen molar-refractivity contribution in [3.05, 3.63) is 149 Å². The zero-order valence-electron chi connectivity index (χ0n) is 22.2. The summed E-state index contributed by atoms with van der Waals surface area (Å²) in [7, 11) is -4.04. The van der Waals surface area contributed by atoms with Crippen molar-refractivity contribution in [2.45, 2.75) is 18.4 Å². The first-order valence-corrected chi connectivity index (χ1v) is 14.7. The first-order valence-electron chi connectivity index (χ1n) is 12.9. The number of ether oxygens (including phenoxy) is 1. The Morgan fingerprint density at radius 1 is 0.756 bits per heavy atom. The van der Waals surface area contributed by atoms with E-state index in [9.17, 15) is 13.2 Å². The van der Waals surface area contributed by atoms with E-state index in [1.807, 2.05) is 37.3 Å². The monoisotopic (exact) mass is 582 g/mol. The smallest absolute Gasteiger partial charge is 0.264 e. The summed E-state index contributed by atoms with van der Waals surface area (Å²) in [6, 6.07) is 36.6. The summed E-state index contributed by atoms with van der Waals surface area (Å²) in [5, 5.41) is 3.42. The lowest BCUT2D eigenvalue weighted by molar-refractivity contribution is 0.102. The third-order valence-electron chi connectivity index (χ3n) is 6.36. The normalized spacial score (nSPS) is 11.1. The zero-order chi connectivity index (χ0) is 28.8. The van der Waals surface area contributed by atoms with Crippen LogP contribution in [0.2, 0.25) is 5.02 Å². The third kappa shape index (κ3) is 6.77. The molecule has 0 saturated heterocycles. The summed E-state index contributed by atoms with van der Waals surface area (Å²) in [5.74, 6) is 0.874. The number of nitrogens with one attached hydrogen (secondary N) is 1. The van der Waals surface area contributed by atoms with Gasteiger partial charge in [-0.2, -0.15) is 0 Å². The minimum Gasteiger partial charge on any atom is -0.457 e. The molecular formula is C33H27ClN2O4S. The molecule has 206 valence electrons. The average Bonchev–Trinajstić information content (AvgIpc) is 2.98. The number of halogens is 1. The van der Waals surface area contributed by atoms with Gasteiger partial charge < -0.3 is 10.1 Å². The predicted molar refractivity (Wildman–Crippen MR) is 163 cm³/mol. The number of hydrogen-bond acceptors (Lipinski definition) is 4. The van der Waals surface area contributed by atoms with Gasteiger partial charge in [-0.05, 0) is 85.3 Å². The molecule has 0 aromatic heterocycles. The van der Waals surface area contributed by atoms with Crippen molar-refractivity contribution in [2.24, 2.45) is 0 Å². The van der Waals surface area contributed by atoms with Crippen LogP contribution in [-0.2, 0) is 16.6 Å². The number of nitrogens with zero attached hydrogens (tertiary/aromatic N) is 1. The fourth-order valence-electron chi connectivity index (χ4n) is 4.21. The van der Waals surface area contributed by atoms with E-state index in [2.05, 4.69) is 5.32 Å². The molecule has 5 aromatic carbocycles. The third-order valence-corrected chi connectivity index (χ3v) is 8.38. The summed E-state index contributed by atoms with van der Waals surface area (Å²) in [6.45, 7) is 1.89. The number of anilines is 2. The van der Waals surface area contributed by atoms with Gasteiger partial charge in [0.2, 0.25) is 0 Å². The van der Waals surface area contributed by atoms with Crippen LogP contribution < -0.4 is 14.4 Å². The topological polar surface area (TPSA) is 75.7 Å². The molecule has 0 saturated carbocycles. The Balaban J connectivity index is 1.45. The van der Waals surface area contributed by atoms with Crippen LogP contribution in [-0.4, -0.2) is 14.3 Å². The van der Waals surface area contributed by atoms with Crippen molar-refractivity contribution in [3.63, 3.8) is 0 Å². The predicted octanol–water partition coefficient (Wildman–Crippen LogP) is 8.09. The lowest BCUT2D eigenvalue weighted by Crippen LogP contribution is -2.32. The molecule has 5 rings (SSSR count). The van der Waals surface area contributed by atoms with E-state index < -0.39 is 15.9 Å². The van der Waals surface area contributed by atoms with Gasteiger partial charge in [0.25, 0.3) is 15.9 Å². The van der Waals surface area contributed by atoms with Gasteiger partial charge in [-0.3, -0.25) is 9.10 Å². The maximum atomic E-state index is 14.0. The quantitative estimate of drug-likeness (QED) is 0.190. The number of carbonyl (C=O) groups is 1. The Morgan fingerprint density at radius 2 is 1.37 bits per heavy atom. The minimum atomic E-state index is -4.04. The Bertz CT molecular complexity index is 1740. The van der Waals surface area contributed by atoms with E-state index in [0.717, 1.165) is 5.56 Å². The molecule has 6 nitrogen and oxygen atoms in total. The molecule has 0 aliphatic carbocycles. The fraction of sp³-hybridized carbons (Fsp3) is 0.0606. The highest BCUT2D eigenvalue weighted by Crippen LogP contribution is 2.31. The zero-order valence-corrected chi connectivity index (χ0v) is 23.8. The van der Waals surface area contributed by atoms with E-state index in [1.165, 1.54) is 4.31 Å². The van der Waals surface area contributed by atoms with E-state index in [1.54, 1.807) is 97.1 Å². The van der Waals surface area contributed by atoms with Gasteiger partial charge in [0.15, 0.2) is 0 Å². The molecule has 0 aliphatic heterocycles. The van der Waals surface area contributed by atoms with E-state index in [-0.39, 0.29) is 22.7 Å². The fourth-order valence-corrected chi connectivity index (χ4v) is 5.80. The lowest BCUT2D eigenvalue weighted by atomic mass is 10.1. The number of benzene rings is 5. The van der Waals surface area contributed by atoms with Gasteiger partial charge in [-0.15, -0.1) is 0 Å². The molecule has 1 N–H and O–H groups in total. The molecule has 1 amide bonds. The Kier molecular flexibility index (Phi) is 8.38. The van der Waals surface area contributed by atoms with Gasteiger partial charge in [-0.1, -0.05) is 71.8 Å². The number of rotatable bonds is 9. The summed E-state index contributed by atoms with van der Waals surface area (Å²) in [4.78, 5) is 13.7. The van der Waals surface area contributed by atoms with Crippen LogP contribution in [0.15, 0.2) is 132 Å². The molecule has 5 aromatic rings. The van der Waals surface area contributed by atoms with Crippen molar-refractivity contribution < 1.29 is 17.9 Å². The van der Waals surface area contributed by atoms with Gasteiger partial charge in [0.1, 0.15) is 11.5 Å². The molecule has 0 unspecified atom stereocenters. The van der Waals surface area contributed by atoms with Crippen molar-refractivity contribution in [1.82, 2.24) is 0 Å². The summed E-state index contributed by atoms with van der Waals surface area (Å²) in [5.41, 5.74) is 2.66. The highest BCUT2D eigenvalue weighted by molar-refractivity contribution is 7.92. The number of amides is 1. The summed E-state index contributed by atoms with van der Waals surface area (Å²) < 4.78 is 35.1. The molecule has 0 radical (unpaired) electrons. The van der Waals surface area contributed by atoms with Crippen molar-refractivity contribution in [2.75, 3.05) is 9.62 Å². The van der Waals surface area contributed by atoms with E-state index in [0.29, 0.717) is 27.8 Å². The SMILES string of the molecule is Cc1ccc(S(=O)(=O)N(Cc2ccc(Cl)cc2)c2ccccc2C(=O)Nc2ccc(Oc3ccccc3)cc2)cc1. The molecule has 0 spiro atoms. The molecular weight excluding hydrogens is 556 g/mol. The number of hydrogen-bond donors (Lipinski definition) is 1. The summed E-state index contributed by atoms with van der Waals surface area (Å²) >= 11 is 6.07. The van der Waals surface area contributed by atoms with Gasteiger partial charge in [0, 0.05) is 10.7 Å². The maximum Gasteiger partial charge on any atom is 0.264 e. The maximum absolute atomic E-state index is 14.0. The Hall–Kier alpha value is -4.59. The van der Waals surface area contributed by atoms with Crippen LogP contribution in [0.1, 0.15) is 21.5 Å². The van der Waals surface area contributed by atoms with Crippen molar-refractivity contribution >= 4 is 38.9 Å².